The van der Waals surface area contributed by atoms with Gasteiger partial charge >= 0.3 is 0 Å². The summed E-state index contributed by atoms with van der Waals surface area (Å²) in [4.78, 5) is 16.9. The molecule has 2 atom stereocenters. The molecule has 0 aliphatic carbocycles. The predicted molar refractivity (Wildman–Crippen MR) is 77.2 cm³/mol. The molecular weight excluding hydrogens is 253 g/mol. The summed E-state index contributed by atoms with van der Waals surface area (Å²) < 4.78 is 12.9. The van der Waals surface area contributed by atoms with Gasteiger partial charge in [-0.15, -0.1) is 0 Å². The number of hydrogen-bond acceptors (Lipinski definition) is 2. The number of para-hydroxylation sites is 1. The van der Waals surface area contributed by atoms with Crippen LogP contribution in [0.2, 0.25) is 0 Å². The smallest absolute Gasteiger partial charge is 0.171 e. The first-order chi connectivity index (χ1) is 9.66. The molecule has 0 spiro atoms. The Balaban J connectivity index is 1.93. The minimum atomic E-state index is -0.336. The number of ketones is 1. The van der Waals surface area contributed by atoms with Crippen molar-refractivity contribution in [2.24, 2.45) is 10.9 Å². The third-order valence-corrected chi connectivity index (χ3v) is 3.77. The number of nitrogens with zero attached hydrogens (tertiary/aromatic N) is 1. The van der Waals surface area contributed by atoms with Crippen LogP contribution in [0.15, 0.2) is 53.5 Å². The highest BCUT2D eigenvalue weighted by atomic mass is 19.1. The first-order valence-corrected chi connectivity index (χ1v) is 6.59. The minimum absolute atomic E-state index is 0.0178. The Hall–Kier alpha value is -2.29. The van der Waals surface area contributed by atoms with E-state index in [9.17, 15) is 9.18 Å². The Morgan fingerprint density at radius 1 is 1.10 bits per heavy atom. The lowest BCUT2D eigenvalue weighted by Crippen LogP contribution is -2.24. The van der Waals surface area contributed by atoms with Crippen molar-refractivity contribution < 1.29 is 9.18 Å². The van der Waals surface area contributed by atoms with Gasteiger partial charge in [0.05, 0.1) is 11.6 Å². The first-order valence-electron chi connectivity index (χ1n) is 6.59. The molecule has 1 aliphatic heterocycles. The van der Waals surface area contributed by atoms with Gasteiger partial charge in [0.1, 0.15) is 5.82 Å². The molecule has 0 amide bonds. The fourth-order valence-corrected chi connectivity index (χ4v) is 2.57. The normalized spacial score (nSPS) is 20.5. The molecular formula is C17H14FNO. The van der Waals surface area contributed by atoms with Crippen LogP contribution in [0.3, 0.4) is 0 Å². The quantitative estimate of drug-likeness (QED) is 0.752. The van der Waals surface area contributed by atoms with Gasteiger partial charge in [0.25, 0.3) is 0 Å². The third kappa shape index (κ3) is 2.16. The van der Waals surface area contributed by atoms with Gasteiger partial charge in [-0.3, -0.25) is 9.79 Å². The predicted octanol–water partition coefficient (Wildman–Crippen LogP) is 4.14. The van der Waals surface area contributed by atoms with Crippen LogP contribution in [-0.4, -0.2) is 12.0 Å². The van der Waals surface area contributed by atoms with E-state index in [4.69, 9.17) is 0 Å². The number of benzene rings is 2. The number of halogens is 1. The molecule has 2 aromatic rings. The number of rotatable bonds is 2. The van der Waals surface area contributed by atoms with Crippen molar-refractivity contribution in [2.45, 2.75) is 12.8 Å². The van der Waals surface area contributed by atoms with Crippen LogP contribution in [0, 0.1) is 11.7 Å². The van der Waals surface area contributed by atoms with Crippen LogP contribution in [0.4, 0.5) is 10.1 Å². The second-order valence-electron chi connectivity index (χ2n) is 5.02. The molecule has 100 valence electrons. The zero-order valence-electron chi connectivity index (χ0n) is 11.1. The largest absolute Gasteiger partial charge is 0.293 e. The highest BCUT2D eigenvalue weighted by molar-refractivity contribution is 6.07. The molecule has 0 fully saturated rings. The van der Waals surface area contributed by atoms with E-state index in [1.165, 1.54) is 24.3 Å². The van der Waals surface area contributed by atoms with E-state index < -0.39 is 0 Å². The maximum atomic E-state index is 12.9. The summed E-state index contributed by atoms with van der Waals surface area (Å²) in [6, 6.07) is 13.5. The molecule has 0 saturated heterocycles. The van der Waals surface area contributed by atoms with E-state index in [-0.39, 0.29) is 23.4 Å². The lowest BCUT2D eigenvalue weighted by molar-refractivity contribution is 0.0945. The molecule has 0 bridgehead atoms. The molecule has 2 aromatic carbocycles. The molecule has 1 aliphatic rings. The van der Waals surface area contributed by atoms with E-state index in [1.54, 1.807) is 6.21 Å². The van der Waals surface area contributed by atoms with Crippen molar-refractivity contribution in [3.05, 3.63) is 65.5 Å². The Kier molecular flexibility index (Phi) is 3.18. The maximum absolute atomic E-state index is 12.9. The molecule has 0 radical (unpaired) electrons. The number of carbonyl (C=O) groups excluding carboxylic acids is 1. The number of aliphatic imine (C=N–C) groups is 1. The van der Waals surface area contributed by atoms with E-state index in [0.29, 0.717) is 5.56 Å². The SMILES string of the molecule is CC1c2ccccc2N=CC1C(=O)c1ccc(F)cc1. The fraction of sp³-hybridized carbons (Fsp3) is 0.176. The van der Waals surface area contributed by atoms with Crippen molar-refractivity contribution >= 4 is 17.7 Å². The minimum Gasteiger partial charge on any atom is -0.293 e. The molecule has 2 nitrogen and oxygen atoms in total. The van der Waals surface area contributed by atoms with Gasteiger partial charge in [-0.05, 0) is 41.8 Å². The summed E-state index contributed by atoms with van der Waals surface area (Å²) in [5.74, 6) is -0.579. The van der Waals surface area contributed by atoms with Gasteiger partial charge in [-0.25, -0.2) is 4.39 Å². The summed E-state index contributed by atoms with van der Waals surface area (Å²) in [6.45, 7) is 2.02. The average Bonchev–Trinajstić information content (AvgIpc) is 2.48. The number of fused-ring (bicyclic) bond motifs is 1. The van der Waals surface area contributed by atoms with Gasteiger partial charge in [-0.1, -0.05) is 25.1 Å². The zero-order valence-corrected chi connectivity index (χ0v) is 11.1. The van der Waals surface area contributed by atoms with Crippen LogP contribution >= 0.6 is 0 Å². The van der Waals surface area contributed by atoms with Gasteiger partial charge in [0.15, 0.2) is 5.78 Å². The van der Waals surface area contributed by atoms with E-state index in [2.05, 4.69) is 4.99 Å². The lowest BCUT2D eigenvalue weighted by Gasteiger charge is -2.24. The van der Waals surface area contributed by atoms with Gasteiger partial charge in [0.2, 0.25) is 0 Å². The van der Waals surface area contributed by atoms with Crippen LogP contribution in [0.25, 0.3) is 0 Å². The van der Waals surface area contributed by atoms with E-state index >= 15 is 0 Å². The summed E-state index contributed by atoms with van der Waals surface area (Å²) >= 11 is 0. The third-order valence-electron chi connectivity index (χ3n) is 3.77. The van der Waals surface area contributed by atoms with Crippen LogP contribution < -0.4 is 0 Å². The summed E-state index contributed by atoms with van der Waals surface area (Å²) in [5.41, 5.74) is 2.52. The molecule has 1 heterocycles. The number of Topliss-reactive ketones (excluding diaryl/α,β-unsaturated/α-hetero) is 1. The van der Waals surface area contributed by atoms with Crippen LogP contribution in [-0.2, 0) is 0 Å². The van der Waals surface area contributed by atoms with Crippen LogP contribution in [0.5, 0.6) is 0 Å². The molecule has 0 saturated carbocycles. The fourth-order valence-electron chi connectivity index (χ4n) is 2.57. The Labute approximate surface area is 117 Å². The zero-order chi connectivity index (χ0) is 14.1. The topological polar surface area (TPSA) is 29.4 Å². The molecule has 3 heteroatoms. The Morgan fingerprint density at radius 2 is 1.80 bits per heavy atom. The van der Waals surface area contributed by atoms with Crippen molar-refractivity contribution in [3.8, 4) is 0 Å². The first kappa shape index (κ1) is 12.7. The molecule has 0 N–H and O–H groups in total. The standard InChI is InChI=1S/C17H14FNO/c1-11-14-4-2-3-5-16(14)19-10-15(11)17(20)12-6-8-13(18)9-7-12/h2-11,15H,1H3. The average molecular weight is 267 g/mol. The summed E-state index contributed by atoms with van der Waals surface area (Å²) in [5, 5.41) is 0. The van der Waals surface area contributed by atoms with E-state index in [0.717, 1.165) is 11.3 Å². The Bertz CT molecular complexity index is 676. The lowest BCUT2D eigenvalue weighted by atomic mass is 9.81. The monoisotopic (exact) mass is 267 g/mol. The maximum Gasteiger partial charge on any atom is 0.171 e. The van der Waals surface area contributed by atoms with E-state index in [1.807, 2.05) is 31.2 Å². The second kappa shape index (κ2) is 5.00. The highest BCUT2D eigenvalue weighted by Crippen LogP contribution is 2.36. The van der Waals surface area contributed by atoms with Gasteiger partial charge in [0, 0.05) is 11.8 Å². The number of carbonyl (C=O) groups is 1. The molecule has 20 heavy (non-hydrogen) atoms. The van der Waals surface area contributed by atoms with Gasteiger partial charge in [-0.2, -0.15) is 0 Å². The van der Waals surface area contributed by atoms with Crippen LogP contribution in [0.1, 0.15) is 28.8 Å². The highest BCUT2D eigenvalue weighted by Gasteiger charge is 2.29. The molecule has 2 unspecified atom stereocenters. The van der Waals surface area contributed by atoms with Gasteiger partial charge < -0.3 is 0 Å². The van der Waals surface area contributed by atoms with Crippen molar-refractivity contribution in [1.82, 2.24) is 0 Å². The second-order valence-corrected chi connectivity index (χ2v) is 5.02. The Morgan fingerprint density at radius 3 is 2.55 bits per heavy atom. The summed E-state index contributed by atoms with van der Waals surface area (Å²) in [6.07, 6.45) is 1.71. The molecule has 3 rings (SSSR count). The molecule has 0 aromatic heterocycles. The summed E-state index contributed by atoms with van der Waals surface area (Å²) in [7, 11) is 0. The van der Waals surface area contributed by atoms with Crippen molar-refractivity contribution in [3.63, 3.8) is 0 Å². The van der Waals surface area contributed by atoms with Crippen molar-refractivity contribution in [1.29, 1.82) is 0 Å². The number of hydrogen-bond donors (Lipinski definition) is 0. The van der Waals surface area contributed by atoms with Crippen molar-refractivity contribution in [2.75, 3.05) is 0 Å².